The van der Waals surface area contributed by atoms with E-state index in [4.69, 9.17) is 5.11 Å². The molecule has 1 rings (SSSR count). The molecule has 0 bridgehead atoms. The van der Waals surface area contributed by atoms with Gasteiger partial charge in [-0.1, -0.05) is 44.2 Å². The van der Waals surface area contributed by atoms with Gasteiger partial charge in [-0.3, -0.25) is 0 Å². The van der Waals surface area contributed by atoms with Crippen molar-refractivity contribution in [2.75, 3.05) is 13.1 Å². The van der Waals surface area contributed by atoms with E-state index >= 15 is 0 Å². The van der Waals surface area contributed by atoms with Crippen LogP contribution in [0.2, 0.25) is 0 Å². The van der Waals surface area contributed by atoms with Crippen LogP contribution in [-0.4, -0.2) is 24.2 Å². The summed E-state index contributed by atoms with van der Waals surface area (Å²) >= 11 is 0. The molecule has 0 unspecified atom stereocenters. The molecule has 3 heteroatoms. The van der Waals surface area contributed by atoms with Gasteiger partial charge in [0.25, 0.3) is 0 Å². The highest BCUT2D eigenvalue weighted by molar-refractivity contribution is 5.79. The highest BCUT2D eigenvalue weighted by atomic mass is 16.4. The Morgan fingerprint density at radius 3 is 2.67 bits per heavy atom. The number of rotatable bonds is 6. The molecule has 0 atom stereocenters. The molecule has 0 saturated heterocycles. The number of benzene rings is 1. The molecule has 0 aliphatic heterocycles. The van der Waals surface area contributed by atoms with Crippen LogP contribution in [0.15, 0.2) is 36.4 Å². The second kappa shape index (κ2) is 6.36. The maximum Gasteiger partial charge on any atom is 0.328 e. The molecule has 0 saturated carbocycles. The molecule has 0 heterocycles. The van der Waals surface area contributed by atoms with E-state index in [1.165, 1.54) is 11.1 Å². The summed E-state index contributed by atoms with van der Waals surface area (Å²) < 4.78 is 0. The molecule has 0 fully saturated rings. The van der Waals surface area contributed by atoms with E-state index in [9.17, 15) is 4.79 Å². The minimum atomic E-state index is -0.907. The third-order valence-corrected chi connectivity index (χ3v) is 2.96. The second-order valence-corrected chi connectivity index (χ2v) is 5.07. The fraction of sp³-hybridized carbons (Fsp3) is 0.400. The molecule has 3 nitrogen and oxygen atoms in total. The summed E-state index contributed by atoms with van der Waals surface area (Å²) in [5.41, 5.74) is 2.63. The van der Waals surface area contributed by atoms with E-state index < -0.39 is 5.97 Å². The lowest BCUT2D eigenvalue weighted by Gasteiger charge is -2.27. The van der Waals surface area contributed by atoms with Crippen LogP contribution in [0.25, 0.3) is 0 Å². The van der Waals surface area contributed by atoms with E-state index in [1.807, 2.05) is 6.07 Å². The van der Waals surface area contributed by atoms with Gasteiger partial charge in [0.1, 0.15) is 0 Å². The Kier molecular flexibility index (Phi) is 5.10. The van der Waals surface area contributed by atoms with Crippen LogP contribution >= 0.6 is 0 Å². The maximum atomic E-state index is 10.3. The number of hydrogen-bond acceptors (Lipinski definition) is 2. The summed E-state index contributed by atoms with van der Waals surface area (Å²) in [5, 5.41) is 11.7. The predicted octanol–water partition coefficient (Wildman–Crippen LogP) is 2.50. The molecular weight excluding hydrogens is 226 g/mol. The van der Waals surface area contributed by atoms with Crippen molar-refractivity contribution in [1.29, 1.82) is 0 Å². The van der Waals surface area contributed by atoms with Gasteiger partial charge in [-0.15, -0.1) is 0 Å². The molecular formula is C15H21NO2. The highest BCUT2D eigenvalue weighted by Crippen LogP contribution is 2.25. The van der Waals surface area contributed by atoms with Crippen molar-refractivity contribution in [2.24, 2.45) is 0 Å². The first-order chi connectivity index (χ1) is 8.43. The van der Waals surface area contributed by atoms with Crippen molar-refractivity contribution in [3.63, 3.8) is 0 Å². The van der Waals surface area contributed by atoms with Crippen LogP contribution in [0.3, 0.4) is 0 Å². The Labute approximate surface area is 109 Å². The lowest BCUT2D eigenvalue weighted by Crippen LogP contribution is -2.33. The molecule has 0 amide bonds. The summed E-state index contributed by atoms with van der Waals surface area (Å²) in [7, 11) is 0. The smallest absolute Gasteiger partial charge is 0.328 e. The summed E-state index contributed by atoms with van der Waals surface area (Å²) in [6.45, 7) is 7.86. The summed E-state index contributed by atoms with van der Waals surface area (Å²) in [5.74, 6) is -0.907. The Morgan fingerprint density at radius 1 is 1.39 bits per heavy atom. The molecule has 0 aliphatic rings. The van der Waals surface area contributed by atoms with E-state index in [1.54, 1.807) is 6.08 Å². The monoisotopic (exact) mass is 247 g/mol. The van der Waals surface area contributed by atoms with Gasteiger partial charge in [0, 0.05) is 24.6 Å². The van der Waals surface area contributed by atoms with Gasteiger partial charge in [0.05, 0.1) is 0 Å². The fourth-order valence-electron chi connectivity index (χ4n) is 2.06. The number of hydrogen-bond donors (Lipinski definition) is 2. The van der Waals surface area contributed by atoms with Crippen molar-refractivity contribution in [2.45, 2.75) is 26.2 Å². The third kappa shape index (κ3) is 4.34. The standard InChI is InChI=1S/C15H21NO2/c1-12-7-4-5-8-13(12)15(2,3)11-16-10-6-9-14(17)18/h4-9,16H,10-11H2,1-3H3,(H,17,18)/b9-6+. The Balaban J connectivity index is 2.55. The minimum absolute atomic E-state index is 0.0302. The van der Waals surface area contributed by atoms with Crippen molar-refractivity contribution >= 4 is 5.97 Å². The molecule has 0 spiro atoms. The normalized spacial score (nSPS) is 11.9. The Hall–Kier alpha value is -1.61. The van der Waals surface area contributed by atoms with Gasteiger partial charge in [-0.2, -0.15) is 0 Å². The van der Waals surface area contributed by atoms with Gasteiger partial charge in [-0.05, 0) is 18.1 Å². The average molecular weight is 247 g/mol. The zero-order valence-electron chi connectivity index (χ0n) is 11.2. The van der Waals surface area contributed by atoms with Crippen molar-refractivity contribution in [1.82, 2.24) is 5.32 Å². The number of aliphatic carboxylic acids is 1. The van der Waals surface area contributed by atoms with Gasteiger partial charge in [0.15, 0.2) is 0 Å². The molecule has 1 aromatic carbocycles. The first kappa shape index (κ1) is 14.5. The number of nitrogens with one attached hydrogen (secondary N) is 1. The number of carboxylic acids is 1. The van der Waals surface area contributed by atoms with Gasteiger partial charge in [-0.25, -0.2) is 4.79 Å². The SMILES string of the molecule is Cc1ccccc1C(C)(C)CNC/C=C/C(=O)O. The van der Waals surface area contributed by atoms with Crippen LogP contribution in [0.1, 0.15) is 25.0 Å². The quantitative estimate of drug-likeness (QED) is 0.600. The Bertz CT molecular complexity index is 436. The van der Waals surface area contributed by atoms with Crippen molar-refractivity contribution in [3.05, 3.63) is 47.5 Å². The lowest BCUT2D eigenvalue weighted by atomic mass is 9.82. The highest BCUT2D eigenvalue weighted by Gasteiger charge is 2.21. The number of carbonyl (C=O) groups is 1. The second-order valence-electron chi connectivity index (χ2n) is 5.07. The van der Waals surface area contributed by atoms with Crippen LogP contribution in [0.5, 0.6) is 0 Å². The molecule has 2 N–H and O–H groups in total. The first-order valence-corrected chi connectivity index (χ1v) is 6.10. The first-order valence-electron chi connectivity index (χ1n) is 6.10. The van der Waals surface area contributed by atoms with E-state index in [-0.39, 0.29) is 5.41 Å². The van der Waals surface area contributed by atoms with E-state index in [2.05, 4.69) is 44.3 Å². The van der Waals surface area contributed by atoms with Crippen LogP contribution in [0.4, 0.5) is 0 Å². The third-order valence-electron chi connectivity index (χ3n) is 2.96. The maximum absolute atomic E-state index is 10.3. The topological polar surface area (TPSA) is 49.3 Å². The molecule has 98 valence electrons. The van der Waals surface area contributed by atoms with Crippen molar-refractivity contribution in [3.8, 4) is 0 Å². The molecule has 0 aliphatic carbocycles. The van der Waals surface area contributed by atoms with Crippen LogP contribution < -0.4 is 5.32 Å². The molecule has 1 aromatic rings. The van der Waals surface area contributed by atoms with E-state index in [0.29, 0.717) is 6.54 Å². The van der Waals surface area contributed by atoms with Gasteiger partial charge >= 0.3 is 5.97 Å². The summed E-state index contributed by atoms with van der Waals surface area (Å²) in [6, 6.07) is 8.35. The van der Waals surface area contributed by atoms with Gasteiger partial charge in [0.2, 0.25) is 0 Å². The summed E-state index contributed by atoms with van der Waals surface area (Å²) in [6.07, 6.45) is 2.78. The predicted molar refractivity (Wildman–Crippen MR) is 73.9 cm³/mol. The fourth-order valence-corrected chi connectivity index (χ4v) is 2.06. The van der Waals surface area contributed by atoms with Crippen molar-refractivity contribution < 1.29 is 9.90 Å². The average Bonchev–Trinajstić information content (AvgIpc) is 2.28. The Morgan fingerprint density at radius 2 is 2.06 bits per heavy atom. The molecule has 0 radical (unpaired) electrons. The lowest BCUT2D eigenvalue weighted by molar-refractivity contribution is -0.131. The number of carboxylic acid groups (broad SMARTS) is 1. The molecule has 18 heavy (non-hydrogen) atoms. The van der Waals surface area contributed by atoms with Gasteiger partial charge < -0.3 is 10.4 Å². The number of aryl methyl sites for hydroxylation is 1. The van der Waals surface area contributed by atoms with Crippen LogP contribution in [0, 0.1) is 6.92 Å². The van der Waals surface area contributed by atoms with E-state index in [0.717, 1.165) is 12.6 Å². The van der Waals surface area contributed by atoms with Crippen LogP contribution in [-0.2, 0) is 10.2 Å². The zero-order valence-corrected chi connectivity index (χ0v) is 11.2. The largest absolute Gasteiger partial charge is 0.478 e. The zero-order chi connectivity index (χ0) is 13.6. The summed E-state index contributed by atoms with van der Waals surface area (Å²) in [4.78, 5) is 10.3. The molecule has 0 aromatic heterocycles. The minimum Gasteiger partial charge on any atom is -0.478 e.